The fourth-order valence-corrected chi connectivity index (χ4v) is 2.04. The summed E-state index contributed by atoms with van der Waals surface area (Å²) in [5.74, 6) is 0.204. The van der Waals surface area contributed by atoms with Crippen molar-refractivity contribution >= 4 is 11.8 Å². The average molecular weight is 271 g/mol. The van der Waals surface area contributed by atoms with Crippen LogP contribution in [0.5, 0.6) is 0 Å². The number of likely N-dealkylation sites (N-methyl/N-ethyl adjacent to an activating group) is 1. The predicted octanol–water partition coefficient (Wildman–Crippen LogP) is 1.03. The monoisotopic (exact) mass is 271 g/mol. The summed E-state index contributed by atoms with van der Waals surface area (Å²) in [6, 6.07) is 0. The van der Waals surface area contributed by atoms with Gasteiger partial charge in [-0.15, -0.1) is 0 Å². The Kier molecular flexibility index (Phi) is 8.39. The Morgan fingerprint density at radius 3 is 2.21 bits per heavy atom. The van der Waals surface area contributed by atoms with E-state index in [2.05, 4.69) is 31.4 Å². The lowest BCUT2D eigenvalue weighted by molar-refractivity contribution is -0.126. The SMILES string of the molecule is CCNC(=O)CNC(=O)CCC(CCN)C(C)(C)C. The molecule has 0 bridgehead atoms. The molecule has 0 rings (SSSR count). The minimum atomic E-state index is -0.148. The molecule has 5 nitrogen and oxygen atoms in total. The molecule has 0 saturated carbocycles. The van der Waals surface area contributed by atoms with E-state index in [0.717, 1.165) is 12.8 Å². The number of rotatable bonds is 8. The zero-order chi connectivity index (χ0) is 14.9. The van der Waals surface area contributed by atoms with Gasteiger partial charge in [-0.1, -0.05) is 20.8 Å². The molecule has 4 N–H and O–H groups in total. The van der Waals surface area contributed by atoms with Gasteiger partial charge >= 0.3 is 0 Å². The lowest BCUT2D eigenvalue weighted by atomic mass is 9.76. The van der Waals surface area contributed by atoms with E-state index in [1.54, 1.807) is 0 Å². The van der Waals surface area contributed by atoms with Crippen molar-refractivity contribution in [2.24, 2.45) is 17.1 Å². The van der Waals surface area contributed by atoms with Crippen molar-refractivity contribution in [1.29, 1.82) is 0 Å². The first-order valence-corrected chi connectivity index (χ1v) is 7.04. The second-order valence-corrected chi connectivity index (χ2v) is 5.91. The van der Waals surface area contributed by atoms with Gasteiger partial charge in [0.25, 0.3) is 0 Å². The number of carbonyl (C=O) groups is 2. The minimum absolute atomic E-state index is 0.0593. The molecule has 0 aromatic rings. The van der Waals surface area contributed by atoms with Gasteiger partial charge in [-0.05, 0) is 37.6 Å². The van der Waals surface area contributed by atoms with Crippen LogP contribution >= 0.6 is 0 Å². The highest BCUT2D eigenvalue weighted by molar-refractivity contribution is 5.84. The summed E-state index contributed by atoms with van der Waals surface area (Å²) in [5, 5.41) is 5.27. The number of hydrogen-bond donors (Lipinski definition) is 3. The average Bonchev–Trinajstić information content (AvgIpc) is 2.30. The highest BCUT2D eigenvalue weighted by Crippen LogP contribution is 2.31. The van der Waals surface area contributed by atoms with Gasteiger partial charge in [0.05, 0.1) is 6.54 Å². The normalized spacial score (nSPS) is 12.9. The van der Waals surface area contributed by atoms with Crippen LogP contribution in [0, 0.1) is 11.3 Å². The number of nitrogens with two attached hydrogens (primary N) is 1. The predicted molar refractivity (Wildman–Crippen MR) is 77.5 cm³/mol. The minimum Gasteiger partial charge on any atom is -0.355 e. The smallest absolute Gasteiger partial charge is 0.239 e. The second kappa shape index (κ2) is 8.91. The highest BCUT2D eigenvalue weighted by atomic mass is 16.2. The molecule has 0 aliphatic heterocycles. The summed E-state index contributed by atoms with van der Waals surface area (Å²) in [7, 11) is 0. The van der Waals surface area contributed by atoms with Crippen LogP contribution in [-0.2, 0) is 9.59 Å². The Morgan fingerprint density at radius 2 is 1.74 bits per heavy atom. The van der Waals surface area contributed by atoms with E-state index in [0.29, 0.717) is 25.4 Å². The molecule has 1 atom stereocenters. The lowest BCUT2D eigenvalue weighted by Crippen LogP contribution is -2.37. The molecule has 112 valence electrons. The molecular formula is C14H29N3O2. The Labute approximate surface area is 116 Å². The fourth-order valence-electron chi connectivity index (χ4n) is 2.04. The molecule has 19 heavy (non-hydrogen) atoms. The van der Waals surface area contributed by atoms with Crippen LogP contribution < -0.4 is 16.4 Å². The van der Waals surface area contributed by atoms with Gasteiger partial charge < -0.3 is 16.4 Å². The van der Waals surface area contributed by atoms with Gasteiger partial charge in [0.15, 0.2) is 0 Å². The molecule has 0 aromatic carbocycles. The molecule has 0 aliphatic rings. The molecule has 0 aliphatic carbocycles. The molecule has 2 amide bonds. The van der Waals surface area contributed by atoms with Crippen LogP contribution in [0.15, 0.2) is 0 Å². The van der Waals surface area contributed by atoms with Crippen LogP contribution in [0.2, 0.25) is 0 Å². The topological polar surface area (TPSA) is 84.2 Å². The maximum absolute atomic E-state index is 11.7. The Morgan fingerprint density at radius 1 is 1.11 bits per heavy atom. The summed E-state index contributed by atoms with van der Waals surface area (Å²) in [6.45, 7) is 9.63. The number of amides is 2. The van der Waals surface area contributed by atoms with Crippen molar-refractivity contribution < 1.29 is 9.59 Å². The van der Waals surface area contributed by atoms with Crippen LogP contribution in [-0.4, -0.2) is 31.4 Å². The van der Waals surface area contributed by atoms with Crippen molar-refractivity contribution in [3.05, 3.63) is 0 Å². The first-order chi connectivity index (χ1) is 8.81. The van der Waals surface area contributed by atoms with Crippen LogP contribution in [0.25, 0.3) is 0 Å². The third-order valence-electron chi connectivity index (χ3n) is 3.28. The Bertz CT molecular complexity index is 285. The standard InChI is InChI=1S/C14H29N3O2/c1-5-16-13(19)10-17-12(18)7-6-11(8-9-15)14(2,3)4/h11H,5-10,15H2,1-4H3,(H,16,19)(H,17,18). The van der Waals surface area contributed by atoms with E-state index in [1.165, 1.54) is 0 Å². The van der Waals surface area contributed by atoms with E-state index in [1.807, 2.05) is 6.92 Å². The van der Waals surface area contributed by atoms with Gasteiger partial charge in [-0.3, -0.25) is 9.59 Å². The second-order valence-electron chi connectivity index (χ2n) is 5.91. The van der Waals surface area contributed by atoms with Crippen LogP contribution in [0.3, 0.4) is 0 Å². The van der Waals surface area contributed by atoms with Gasteiger partial charge in [-0.2, -0.15) is 0 Å². The molecule has 0 radical (unpaired) electrons. The highest BCUT2D eigenvalue weighted by Gasteiger charge is 2.24. The summed E-state index contributed by atoms with van der Waals surface area (Å²) in [6.07, 6.45) is 2.18. The quantitative estimate of drug-likeness (QED) is 0.616. The number of nitrogens with one attached hydrogen (secondary N) is 2. The van der Waals surface area contributed by atoms with E-state index in [4.69, 9.17) is 5.73 Å². The van der Waals surface area contributed by atoms with E-state index >= 15 is 0 Å². The van der Waals surface area contributed by atoms with E-state index < -0.39 is 0 Å². The molecule has 5 heteroatoms. The first-order valence-electron chi connectivity index (χ1n) is 7.04. The van der Waals surface area contributed by atoms with Crippen molar-refractivity contribution in [1.82, 2.24) is 10.6 Å². The summed E-state index contributed by atoms with van der Waals surface area (Å²) in [5.41, 5.74) is 5.76. The van der Waals surface area contributed by atoms with Crippen molar-refractivity contribution in [2.75, 3.05) is 19.6 Å². The largest absolute Gasteiger partial charge is 0.355 e. The third kappa shape index (κ3) is 8.59. The molecule has 1 unspecified atom stereocenters. The zero-order valence-corrected chi connectivity index (χ0v) is 12.7. The maximum Gasteiger partial charge on any atom is 0.239 e. The summed E-state index contributed by atoms with van der Waals surface area (Å²) < 4.78 is 0. The first kappa shape index (κ1) is 17.9. The number of hydrogen-bond acceptors (Lipinski definition) is 3. The van der Waals surface area contributed by atoms with Crippen molar-refractivity contribution in [3.63, 3.8) is 0 Å². The lowest BCUT2D eigenvalue weighted by Gasteiger charge is -2.30. The summed E-state index contributed by atoms with van der Waals surface area (Å²) in [4.78, 5) is 22.9. The van der Waals surface area contributed by atoms with Gasteiger partial charge in [0.1, 0.15) is 0 Å². The van der Waals surface area contributed by atoms with Crippen LogP contribution in [0.1, 0.15) is 47.0 Å². The maximum atomic E-state index is 11.7. The third-order valence-corrected chi connectivity index (χ3v) is 3.28. The van der Waals surface area contributed by atoms with Gasteiger partial charge in [0.2, 0.25) is 11.8 Å². The van der Waals surface area contributed by atoms with Crippen molar-refractivity contribution in [3.8, 4) is 0 Å². The Balaban J connectivity index is 4.02. The fraction of sp³-hybridized carbons (Fsp3) is 0.857. The van der Waals surface area contributed by atoms with Gasteiger partial charge in [0, 0.05) is 13.0 Å². The zero-order valence-electron chi connectivity index (χ0n) is 12.7. The molecule has 0 heterocycles. The molecule has 0 aromatic heterocycles. The van der Waals surface area contributed by atoms with E-state index in [9.17, 15) is 9.59 Å². The van der Waals surface area contributed by atoms with E-state index in [-0.39, 0.29) is 23.8 Å². The Hall–Kier alpha value is -1.10. The van der Waals surface area contributed by atoms with Crippen LogP contribution in [0.4, 0.5) is 0 Å². The summed E-state index contributed by atoms with van der Waals surface area (Å²) >= 11 is 0. The molecule has 0 saturated heterocycles. The molecule has 0 spiro atoms. The van der Waals surface area contributed by atoms with Crippen molar-refractivity contribution in [2.45, 2.75) is 47.0 Å². The number of carbonyl (C=O) groups excluding carboxylic acids is 2. The molecular weight excluding hydrogens is 242 g/mol. The van der Waals surface area contributed by atoms with Gasteiger partial charge in [-0.25, -0.2) is 0 Å². The molecule has 0 fully saturated rings.